The Bertz CT molecular complexity index is 98.6. The van der Waals surface area contributed by atoms with Crippen LogP contribution in [0, 0.1) is 11.3 Å². The van der Waals surface area contributed by atoms with E-state index >= 15 is 0 Å². The van der Waals surface area contributed by atoms with Crippen LogP contribution in [0.5, 0.6) is 0 Å². The molecule has 10 heavy (non-hydrogen) atoms. The van der Waals surface area contributed by atoms with Gasteiger partial charge in [-0.25, -0.2) is 0 Å². The van der Waals surface area contributed by atoms with Crippen molar-refractivity contribution in [2.75, 3.05) is 0 Å². The van der Waals surface area contributed by atoms with E-state index in [1.165, 1.54) is 6.42 Å². The lowest BCUT2D eigenvalue weighted by Gasteiger charge is -2.28. The van der Waals surface area contributed by atoms with Crippen molar-refractivity contribution in [1.82, 2.24) is 0 Å². The third-order valence-electron chi connectivity index (χ3n) is 2.56. The molecule has 0 aromatic carbocycles. The van der Waals surface area contributed by atoms with E-state index in [1.54, 1.807) is 0 Å². The summed E-state index contributed by atoms with van der Waals surface area (Å²) in [5.74, 6) is 0.771. The van der Waals surface area contributed by atoms with Crippen LogP contribution >= 0.6 is 0 Å². The van der Waals surface area contributed by atoms with Gasteiger partial charge in [0.1, 0.15) is 0 Å². The molecule has 0 aromatic rings. The van der Waals surface area contributed by atoms with E-state index in [0.717, 1.165) is 12.3 Å². The van der Waals surface area contributed by atoms with Gasteiger partial charge in [0.25, 0.3) is 0 Å². The minimum absolute atomic E-state index is 0.480. The van der Waals surface area contributed by atoms with Crippen molar-refractivity contribution in [1.29, 1.82) is 0 Å². The smallest absolute Gasteiger partial charge is 0.0328 e. The maximum absolute atomic E-state index is 3.72. The molecule has 60 valence electrons. The number of rotatable bonds is 4. The maximum atomic E-state index is 3.72. The first-order valence-corrected chi connectivity index (χ1v) is 4.11. The van der Waals surface area contributed by atoms with Gasteiger partial charge in [-0.05, 0) is 24.2 Å². The van der Waals surface area contributed by atoms with E-state index < -0.39 is 0 Å². The van der Waals surface area contributed by atoms with Crippen molar-refractivity contribution < 1.29 is 0 Å². The van der Waals surface area contributed by atoms with E-state index in [1.807, 2.05) is 6.08 Å². The van der Waals surface area contributed by atoms with Gasteiger partial charge in [0.2, 0.25) is 0 Å². The topological polar surface area (TPSA) is 0 Å². The molecule has 0 spiro atoms. The van der Waals surface area contributed by atoms with Crippen molar-refractivity contribution in [3.05, 3.63) is 12.7 Å². The van der Waals surface area contributed by atoms with Gasteiger partial charge in [0.15, 0.2) is 0 Å². The third-order valence-corrected chi connectivity index (χ3v) is 2.56. The summed E-state index contributed by atoms with van der Waals surface area (Å²) in [6.07, 6.45) is 4.41. The minimum Gasteiger partial charge on any atom is -0.103 e. The Kier molecular flexibility index (Phi) is 3.70. The summed E-state index contributed by atoms with van der Waals surface area (Å²) in [6, 6.07) is 0. The van der Waals surface area contributed by atoms with Crippen LogP contribution in [0.4, 0.5) is 0 Å². The SMILES string of the molecule is C=CCCC(C)(C)C(C)C. The van der Waals surface area contributed by atoms with E-state index in [2.05, 4.69) is 34.3 Å². The van der Waals surface area contributed by atoms with Gasteiger partial charge < -0.3 is 0 Å². The van der Waals surface area contributed by atoms with Gasteiger partial charge in [0, 0.05) is 0 Å². The summed E-state index contributed by atoms with van der Waals surface area (Å²) in [5, 5.41) is 0. The molecule has 0 N–H and O–H groups in total. The van der Waals surface area contributed by atoms with Crippen LogP contribution in [-0.4, -0.2) is 0 Å². The second-order valence-electron chi connectivity index (χ2n) is 3.97. The molecule has 0 rings (SSSR count). The Morgan fingerprint density at radius 1 is 1.40 bits per heavy atom. The fourth-order valence-electron chi connectivity index (χ4n) is 0.763. The lowest BCUT2D eigenvalue weighted by atomic mass is 9.77. The van der Waals surface area contributed by atoms with E-state index in [4.69, 9.17) is 0 Å². The zero-order valence-electron chi connectivity index (χ0n) is 7.78. The molecule has 0 saturated carbocycles. The molecule has 0 aliphatic carbocycles. The van der Waals surface area contributed by atoms with Gasteiger partial charge in [-0.2, -0.15) is 0 Å². The monoisotopic (exact) mass is 140 g/mol. The molecular formula is C10H20. The van der Waals surface area contributed by atoms with Gasteiger partial charge in [-0.3, -0.25) is 0 Å². The molecule has 0 bridgehead atoms. The summed E-state index contributed by atoms with van der Waals surface area (Å²) in [5.41, 5.74) is 0.480. The second kappa shape index (κ2) is 3.80. The summed E-state index contributed by atoms with van der Waals surface area (Å²) in [4.78, 5) is 0. The van der Waals surface area contributed by atoms with Crippen LogP contribution in [0.3, 0.4) is 0 Å². The summed E-state index contributed by atoms with van der Waals surface area (Å²) in [7, 11) is 0. The van der Waals surface area contributed by atoms with Gasteiger partial charge >= 0.3 is 0 Å². The van der Waals surface area contributed by atoms with Gasteiger partial charge in [-0.15, -0.1) is 6.58 Å². The summed E-state index contributed by atoms with van der Waals surface area (Å²) >= 11 is 0. The van der Waals surface area contributed by atoms with Gasteiger partial charge in [-0.1, -0.05) is 33.8 Å². The number of allylic oxidation sites excluding steroid dienone is 1. The van der Waals surface area contributed by atoms with Crippen molar-refractivity contribution >= 4 is 0 Å². The molecule has 0 nitrogen and oxygen atoms in total. The highest BCUT2D eigenvalue weighted by Gasteiger charge is 2.20. The van der Waals surface area contributed by atoms with Gasteiger partial charge in [0.05, 0.1) is 0 Å². The quantitative estimate of drug-likeness (QED) is 0.523. The first-order valence-electron chi connectivity index (χ1n) is 4.11. The summed E-state index contributed by atoms with van der Waals surface area (Å²) < 4.78 is 0. The third kappa shape index (κ3) is 3.05. The molecule has 0 amide bonds. The molecular weight excluding hydrogens is 120 g/mol. The highest BCUT2D eigenvalue weighted by Crippen LogP contribution is 2.31. The highest BCUT2D eigenvalue weighted by atomic mass is 14.3. The Morgan fingerprint density at radius 3 is 2.20 bits per heavy atom. The Morgan fingerprint density at radius 2 is 1.90 bits per heavy atom. The van der Waals surface area contributed by atoms with E-state index in [9.17, 15) is 0 Å². The van der Waals surface area contributed by atoms with Crippen LogP contribution in [0.25, 0.3) is 0 Å². The fraction of sp³-hybridized carbons (Fsp3) is 0.800. The number of hydrogen-bond donors (Lipinski definition) is 0. The Labute approximate surface area is 65.3 Å². The lowest BCUT2D eigenvalue weighted by molar-refractivity contribution is 0.231. The molecule has 0 fully saturated rings. The van der Waals surface area contributed by atoms with E-state index in [0.29, 0.717) is 5.41 Å². The van der Waals surface area contributed by atoms with Crippen molar-refractivity contribution in [2.24, 2.45) is 11.3 Å². The molecule has 0 unspecified atom stereocenters. The predicted octanol–water partition coefficient (Wildman–Crippen LogP) is 3.63. The lowest BCUT2D eigenvalue weighted by Crippen LogP contribution is -2.18. The van der Waals surface area contributed by atoms with Crippen molar-refractivity contribution in [3.8, 4) is 0 Å². The molecule has 0 heterocycles. The fourth-order valence-corrected chi connectivity index (χ4v) is 0.763. The zero-order chi connectivity index (χ0) is 8.20. The molecule has 0 atom stereocenters. The first kappa shape index (κ1) is 9.74. The summed E-state index contributed by atoms with van der Waals surface area (Å²) in [6.45, 7) is 12.9. The second-order valence-corrected chi connectivity index (χ2v) is 3.97. The Balaban J connectivity index is 3.74. The first-order chi connectivity index (χ1) is 4.50. The van der Waals surface area contributed by atoms with Crippen LogP contribution in [0.15, 0.2) is 12.7 Å². The van der Waals surface area contributed by atoms with Crippen LogP contribution < -0.4 is 0 Å². The average molecular weight is 140 g/mol. The van der Waals surface area contributed by atoms with Crippen LogP contribution in [0.1, 0.15) is 40.5 Å². The number of hydrogen-bond acceptors (Lipinski definition) is 0. The molecule has 0 radical (unpaired) electrons. The largest absolute Gasteiger partial charge is 0.103 e. The normalized spacial score (nSPS) is 12.1. The average Bonchev–Trinajstić information content (AvgIpc) is 1.84. The highest BCUT2D eigenvalue weighted by molar-refractivity contribution is 4.77. The van der Waals surface area contributed by atoms with Crippen LogP contribution in [0.2, 0.25) is 0 Å². The van der Waals surface area contributed by atoms with Crippen molar-refractivity contribution in [3.63, 3.8) is 0 Å². The maximum Gasteiger partial charge on any atom is -0.0328 e. The molecule has 0 aliphatic rings. The van der Waals surface area contributed by atoms with Crippen molar-refractivity contribution in [2.45, 2.75) is 40.5 Å². The molecule has 0 aliphatic heterocycles. The van der Waals surface area contributed by atoms with E-state index in [-0.39, 0.29) is 0 Å². The standard InChI is InChI=1S/C10H20/c1-6-7-8-10(4,5)9(2)3/h6,9H,1,7-8H2,2-5H3. The molecule has 0 aromatic heterocycles. The molecule has 0 saturated heterocycles. The van der Waals surface area contributed by atoms with Crippen LogP contribution in [-0.2, 0) is 0 Å². The minimum atomic E-state index is 0.480. The zero-order valence-corrected chi connectivity index (χ0v) is 7.78. The Hall–Kier alpha value is -0.260. The molecule has 0 heteroatoms. The predicted molar refractivity (Wildman–Crippen MR) is 48.1 cm³/mol.